The Balaban J connectivity index is 2.05. The molecule has 4 heteroatoms. The van der Waals surface area contributed by atoms with Crippen molar-refractivity contribution < 1.29 is 9.13 Å². The number of ether oxygens (including phenoxy) is 1. The van der Waals surface area contributed by atoms with Crippen molar-refractivity contribution in [1.29, 1.82) is 5.26 Å². The first-order valence-electron chi connectivity index (χ1n) is 6.65. The summed E-state index contributed by atoms with van der Waals surface area (Å²) in [6.07, 6.45) is 2.16. The summed E-state index contributed by atoms with van der Waals surface area (Å²) in [7, 11) is 2.11. The Morgan fingerprint density at radius 2 is 2.11 bits per heavy atom. The van der Waals surface area contributed by atoms with Gasteiger partial charge in [-0.25, -0.2) is 4.39 Å². The van der Waals surface area contributed by atoms with Crippen molar-refractivity contribution >= 4 is 0 Å². The molecule has 0 bridgehead atoms. The molecule has 0 saturated carbocycles. The predicted molar refractivity (Wildman–Crippen MR) is 71.4 cm³/mol. The topological polar surface area (TPSA) is 36.3 Å². The van der Waals surface area contributed by atoms with Gasteiger partial charge in [0.15, 0.2) is 0 Å². The Labute approximate surface area is 113 Å². The van der Waals surface area contributed by atoms with E-state index in [-0.39, 0.29) is 11.7 Å². The van der Waals surface area contributed by atoms with Crippen LogP contribution in [0.3, 0.4) is 0 Å². The summed E-state index contributed by atoms with van der Waals surface area (Å²) in [6.45, 7) is 4.13. The maximum absolute atomic E-state index is 13.5. The number of piperidine rings is 1. The number of hydrogen-bond donors (Lipinski definition) is 0. The zero-order valence-electron chi connectivity index (χ0n) is 11.4. The molecule has 1 aromatic carbocycles. The van der Waals surface area contributed by atoms with Gasteiger partial charge in [-0.15, -0.1) is 0 Å². The number of nitrogens with zero attached hydrogens (tertiary/aromatic N) is 2. The van der Waals surface area contributed by atoms with Crippen LogP contribution in [-0.4, -0.2) is 31.1 Å². The lowest BCUT2D eigenvalue weighted by Crippen LogP contribution is -2.36. The summed E-state index contributed by atoms with van der Waals surface area (Å²) in [5.74, 6) is 0.301. The molecule has 0 aromatic heterocycles. The molecule has 1 saturated heterocycles. The van der Waals surface area contributed by atoms with Crippen LogP contribution >= 0.6 is 0 Å². The first-order valence-corrected chi connectivity index (χ1v) is 6.65. The first kappa shape index (κ1) is 13.8. The van der Waals surface area contributed by atoms with Gasteiger partial charge in [-0.05, 0) is 58.0 Å². The van der Waals surface area contributed by atoms with E-state index in [1.54, 1.807) is 12.1 Å². The molecule has 0 radical (unpaired) electrons. The molecule has 1 aromatic rings. The summed E-state index contributed by atoms with van der Waals surface area (Å²) >= 11 is 0. The molecule has 1 fully saturated rings. The van der Waals surface area contributed by atoms with Crippen LogP contribution in [0.15, 0.2) is 18.2 Å². The number of benzene rings is 1. The Kier molecular flexibility index (Phi) is 4.39. The molecule has 1 unspecified atom stereocenters. The number of likely N-dealkylation sites (tertiary alicyclic amines) is 1. The minimum Gasteiger partial charge on any atom is -0.489 e. The van der Waals surface area contributed by atoms with Crippen molar-refractivity contribution in [2.75, 3.05) is 20.1 Å². The van der Waals surface area contributed by atoms with Gasteiger partial charge < -0.3 is 9.64 Å². The Morgan fingerprint density at radius 1 is 1.42 bits per heavy atom. The maximum atomic E-state index is 13.5. The van der Waals surface area contributed by atoms with Crippen LogP contribution in [0.25, 0.3) is 0 Å². The maximum Gasteiger partial charge on any atom is 0.144 e. The third kappa shape index (κ3) is 3.24. The average Bonchev–Trinajstić information content (AvgIpc) is 2.39. The smallest absolute Gasteiger partial charge is 0.144 e. The number of hydrogen-bond acceptors (Lipinski definition) is 3. The second kappa shape index (κ2) is 6.03. The highest BCUT2D eigenvalue weighted by atomic mass is 19.1. The first-order chi connectivity index (χ1) is 9.11. The van der Waals surface area contributed by atoms with Crippen LogP contribution in [0.2, 0.25) is 0 Å². The molecule has 1 heterocycles. The monoisotopic (exact) mass is 262 g/mol. The Hall–Kier alpha value is -1.60. The molecule has 2 rings (SSSR count). The summed E-state index contributed by atoms with van der Waals surface area (Å²) in [4.78, 5) is 2.30. The van der Waals surface area contributed by atoms with E-state index in [1.165, 1.54) is 6.07 Å². The lowest BCUT2D eigenvalue weighted by atomic mass is 9.92. The van der Waals surface area contributed by atoms with E-state index in [1.807, 2.05) is 13.0 Å². The molecular weight excluding hydrogens is 243 g/mol. The van der Waals surface area contributed by atoms with Gasteiger partial charge in [0.25, 0.3) is 0 Å². The SMILES string of the molecule is CC(Oc1cccc(F)c1C#N)C1CCN(C)CC1. The van der Waals surface area contributed by atoms with Crippen molar-refractivity contribution in [2.45, 2.75) is 25.9 Å². The van der Waals surface area contributed by atoms with Crippen molar-refractivity contribution in [2.24, 2.45) is 5.92 Å². The highest BCUT2D eigenvalue weighted by Gasteiger charge is 2.24. The largest absolute Gasteiger partial charge is 0.489 e. The zero-order chi connectivity index (χ0) is 13.8. The fourth-order valence-corrected chi connectivity index (χ4v) is 2.51. The minimum atomic E-state index is -0.518. The molecule has 3 nitrogen and oxygen atoms in total. The highest BCUT2D eigenvalue weighted by Crippen LogP contribution is 2.27. The van der Waals surface area contributed by atoms with Gasteiger partial charge in [-0.3, -0.25) is 0 Å². The van der Waals surface area contributed by atoms with Crippen LogP contribution in [0.5, 0.6) is 5.75 Å². The van der Waals surface area contributed by atoms with Gasteiger partial charge in [-0.2, -0.15) is 5.26 Å². The van der Waals surface area contributed by atoms with E-state index in [2.05, 4.69) is 11.9 Å². The average molecular weight is 262 g/mol. The fourth-order valence-electron chi connectivity index (χ4n) is 2.51. The third-order valence-corrected chi connectivity index (χ3v) is 3.83. The van der Waals surface area contributed by atoms with Gasteiger partial charge in [-0.1, -0.05) is 6.07 Å². The van der Waals surface area contributed by atoms with E-state index in [9.17, 15) is 4.39 Å². The van der Waals surface area contributed by atoms with E-state index in [0.717, 1.165) is 25.9 Å². The van der Waals surface area contributed by atoms with Gasteiger partial charge in [0.1, 0.15) is 23.2 Å². The van der Waals surface area contributed by atoms with Gasteiger partial charge in [0.05, 0.1) is 6.10 Å². The standard InChI is InChI=1S/C15H19FN2O/c1-11(12-6-8-18(2)9-7-12)19-15-5-3-4-14(16)13(15)10-17/h3-5,11-12H,6-9H2,1-2H3. The second-order valence-corrected chi connectivity index (χ2v) is 5.19. The van der Waals surface area contributed by atoms with Crippen LogP contribution in [-0.2, 0) is 0 Å². The lowest BCUT2D eigenvalue weighted by molar-refractivity contribution is 0.0972. The minimum absolute atomic E-state index is 0.00211. The number of nitriles is 1. The van der Waals surface area contributed by atoms with Gasteiger partial charge >= 0.3 is 0 Å². The molecule has 1 aliphatic heterocycles. The fraction of sp³-hybridized carbons (Fsp3) is 0.533. The van der Waals surface area contributed by atoms with Crippen LogP contribution in [0.1, 0.15) is 25.3 Å². The quantitative estimate of drug-likeness (QED) is 0.840. The molecule has 19 heavy (non-hydrogen) atoms. The van der Waals surface area contributed by atoms with Crippen molar-refractivity contribution in [1.82, 2.24) is 4.90 Å². The molecule has 1 atom stereocenters. The molecule has 0 amide bonds. The van der Waals surface area contributed by atoms with Crippen LogP contribution < -0.4 is 4.74 Å². The summed E-state index contributed by atoms with van der Waals surface area (Å²) < 4.78 is 19.3. The van der Waals surface area contributed by atoms with Crippen molar-refractivity contribution in [3.05, 3.63) is 29.6 Å². The summed E-state index contributed by atoms with van der Waals surface area (Å²) in [5, 5.41) is 8.98. The second-order valence-electron chi connectivity index (χ2n) is 5.19. The Bertz CT molecular complexity index is 476. The molecule has 0 spiro atoms. The summed E-state index contributed by atoms with van der Waals surface area (Å²) in [6, 6.07) is 6.39. The van der Waals surface area contributed by atoms with Crippen molar-refractivity contribution in [3.63, 3.8) is 0 Å². The van der Waals surface area contributed by atoms with Gasteiger partial charge in [0.2, 0.25) is 0 Å². The predicted octanol–water partition coefficient (Wildman–Crippen LogP) is 2.81. The third-order valence-electron chi connectivity index (χ3n) is 3.83. The normalized spacial score (nSPS) is 18.8. The number of rotatable bonds is 3. The van der Waals surface area contributed by atoms with E-state index in [0.29, 0.717) is 11.7 Å². The molecular formula is C15H19FN2O. The zero-order valence-corrected chi connectivity index (χ0v) is 11.4. The van der Waals surface area contributed by atoms with Crippen LogP contribution in [0.4, 0.5) is 4.39 Å². The van der Waals surface area contributed by atoms with E-state index >= 15 is 0 Å². The lowest BCUT2D eigenvalue weighted by Gasteiger charge is -2.32. The molecule has 0 aliphatic carbocycles. The molecule has 102 valence electrons. The Morgan fingerprint density at radius 3 is 2.74 bits per heavy atom. The number of halogens is 1. The van der Waals surface area contributed by atoms with E-state index in [4.69, 9.17) is 10.00 Å². The molecule has 1 aliphatic rings. The van der Waals surface area contributed by atoms with Gasteiger partial charge in [0, 0.05) is 0 Å². The highest BCUT2D eigenvalue weighted by molar-refractivity contribution is 5.43. The molecule has 0 N–H and O–H groups in total. The van der Waals surface area contributed by atoms with Crippen molar-refractivity contribution in [3.8, 4) is 11.8 Å². The van der Waals surface area contributed by atoms with E-state index < -0.39 is 5.82 Å². The summed E-state index contributed by atoms with van der Waals surface area (Å²) in [5.41, 5.74) is 0.00211. The van der Waals surface area contributed by atoms with Crippen LogP contribution in [0, 0.1) is 23.1 Å².